The minimum atomic E-state index is 0.603. The van der Waals surface area contributed by atoms with Gasteiger partial charge in [0.25, 0.3) is 0 Å². The molecule has 0 fully saturated rings. The standard InChI is InChI=1S/C10H13BrN2/c1-8(4-2-6-11)9-5-3-7-13-10(9)12/h3-5,7H,2,6H2,1H3,(H2,12,13)/b8-4-. The molecular weight excluding hydrogens is 228 g/mol. The van der Waals surface area contributed by atoms with Gasteiger partial charge in [-0.1, -0.05) is 22.0 Å². The summed E-state index contributed by atoms with van der Waals surface area (Å²) in [5.41, 5.74) is 7.95. The van der Waals surface area contributed by atoms with Gasteiger partial charge in [-0.25, -0.2) is 4.98 Å². The fourth-order valence-electron chi connectivity index (χ4n) is 1.13. The lowest BCUT2D eigenvalue weighted by molar-refractivity contribution is 1.25. The van der Waals surface area contributed by atoms with Gasteiger partial charge in [0.05, 0.1) is 0 Å². The van der Waals surface area contributed by atoms with Crippen LogP contribution in [0.2, 0.25) is 0 Å². The van der Waals surface area contributed by atoms with E-state index in [1.54, 1.807) is 6.20 Å². The molecule has 1 rings (SSSR count). The highest BCUT2D eigenvalue weighted by Crippen LogP contribution is 2.18. The molecule has 0 aliphatic rings. The van der Waals surface area contributed by atoms with Crippen LogP contribution in [0.1, 0.15) is 18.9 Å². The smallest absolute Gasteiger partial charge is 0.130 e. The minimum Gasteiger partial charge on any atom is -0.383 e. The second-order valence-electron chi connectivity index (χ2n) is 2.80. The third-order valence-electron chi connectivity index (χ3n) is 1.82. The summed E-state index contributed by atoms with van der Waals surface area (Å²) in [4.78, 5) is 4.03. The molecule has 13 heavy (non-hydrogen) atoms. The molecule has 0 bridgehead atoms. The molecule has 0 radical (unpaired) electrons. The minimum absolute atomic E-state index is 0.603. The zero-order valence-electron chi connectivity index (χ0n) is 7.63. The van der Waals surface area contributed by atoms with Gasteiger partial charge in [0, 0.05) is 17.1 Å². The van der Waals surface area contributed by atoms with Crippen molar-refractivity contribution in [3.05, 3.63) is 30.0 Å². The third kappa shape index (κ3) is 2.84. The number of nitrogens with zero attached hydrogens (tertiary/aromatic N) is 1. The summed E-state index contributed by atoms with van der Waals surface area (Å²) in [6, 6.07) is 3.89. The number of aromatic nitrogens is 1. The highest BCUT2D eigenvalue weighted by atomic mass is 79.9. The van der Waals surface area contributed by atoms with E-state index < -0.39 is 0 Å². The molecule has 0 aromatic carbocycles. The highest BCUT2D eigenvalue weighted by molar-refractivity contribution is 9.09. The van der Waals surface area contributed by atoms with Crippen LogP contribution in [0.5, 0.6) is 0 Å². The first-order valence-electron chi connectivity index (χ1n) is 4.19. The van der Waals surface area contributed by atoms with Crippen LogP contribution in [0.4, 0.5) is 5.82 Å². The molecule has 3 heteroatoms. The summed E-state index contributed by atoms with van der Waals surface area (Å²) in [6.07, 6.45) is 4.87. The van der Waals surface area contributed by atoms with E-state index in [9.17, 15) is 0 Å². The van der Waals surface area contributed by atoms with Gasteiger partial charge in [-0.3, -0.25) is 0 Å². The van der Waals surface area contributed by atoms with E-state index in [0.717, 1.165) is 17.3 Å². The second-order valence-corrected chi connectivity index (χ2v) is 3.59. The number of anilines is 1. The maximum absolute atomic E-state index is 5.73. The van der Waals surface area contributed by atoms with Crippen LogP contribution in [0.3, 0.4) is 0 Å². The Morgan fingerprint density at radius 3 is 3.08 bits per heavy atom. The molecule has 1 aromatic heterocycles. The summed E-state index contributed by atoms with van der Waals surface area (Å²) in [5, 5.41) is 0.977. The largest absolute Gasteiger partial charge is 0.383 e. The molecular formula is C10H13BrN2. The highest BCUT2D eigenvalue weighted by Gasteiger charge is 1.99. The molecule has 0 saturated carbocycles. The maximum Gasteiger partial charge on any atom is 0.130 e. The van der Waals surface area contributed by atoms with Crippen LogP contribution in [-0.4, -0.2) is 10.3 Å². The first kappa shape index (κ1) is 10.3. The van der Waals surface area contributed by atoms with Gasteiger partial charge < -0.3 is 5.73 Å². The molecule has 0 saturated heterocycles. The quantitative estimate of drug-likeness (QED) is 0.826. The van der Waals surface area contributed by atoms with E-state index in [1.165, 1.54) is 5.57 Å². The Bertz CT molecular complexity index is 308. The molecule has 0 aliphatic heterocycles. The average molecular weight is 241 g/mol. The van der Waals surface area contributed by atoms with Crippen LogP contribution in [0.25, 0.3) is 5.57 Å². The summed E-state index contributed by atoms with van der Waals surface area (Å²) >= 11 is 3.38. The lowest BCUT2D eigenvalue weighted by Crippen LogP contribution is -1.94. The summed E-state index contributed by atoms with van der Waals surface area (Å²) in [7, 11) is 0. The molecule has 1 heterocycles. The van der Waals surface area contributed by atoms with Crippen molar-refractivity contribution in [1.29, 1.82) is 0 Å². The normalized spacial score (nSPS) is 11.7. The monoisotopic (exact) mass is 240 g/mol. The summed E-state index contributed by atoms with van der Waals surface area (Å²) < 4.78 is 0. The lowest BCUT2D eigenvalue weighted by atomic mass is 10.1. The van der Waals surface area contributed by atoms with E-state index in [0.29, 0.717) is 5.82 Å². The lowest BCUT2D eigenvalue weighted by Gasteiger charge is -2.03. The van der Waals surface area contributed by atoms with Crippen molar-refractivity contribution in [3.63, 3.8) is 0 Å². The Morgan fingerprint density at radius 2 is 2.46 bits per heavy atom. The van der Waals surface area contributed by atoms with Crippen molar-refractivity contribution in [3.8, 4) is 0 Å². The molecule has 0 unspecified atom stereocenters. The predicted octanol–water partition coefficient (Wildman–Crippen LogP) is 2.85. The number of allylic oxidation sites excluding steroid dienone is 2. The topological polar surface area (TPSA) is 38.9 Å². The van der Waals surface area contributed by atoms with E-state index in [-0.39, 0.29) is 0 Å². The van der Waals surface area contributed by atoms with Crippen LogP contribution < -0.4 is 5.73 Å². The molecule has 0 atom stereocenters. The second kappa shape index (κ2) is 5.02. The van der Waals surface area contributed by atoms with E-state index in [4.69, 9.17) is 5.73 Å². The number of pyridine rings is 1. The Balaban J connectivity index is 2.88. The molecule has 0 aliphatic carbocycles. The van der Waals surface area contributed by atoms with Crippen molar-refractivity contribution in [1.82, 2.24) is 4.98 Å². The van der Waals surface area contributed by atoms with E-state index >= 15 is 0 Å². The number of hydrogen-bond donors (Lipinski definition) is 1. The summed E-state index contributed by atoms with van der Waals surface area (Å²) in [5.74, 6) is 0.603. The average Bonchev–Trinajstić information content (AvgIpc) is 2.15. The van der Waals surface area contributed by atoms with E-state index in [2.05, 4.69) is 33.9 Å². The SMILES string of the molecule is C/C(=C/CCBr)c1cccnc1N. The van der Waals surface area contributed by atoms with Crippen LogP contribution in [-0.2, 0) is 0 Å². The van der Waals surface area contributed by atoms with Crippen molar-refractivity contribution >= 4 is 27.3 Å². The van der Waals surface area contributed by atoms with Crippen LogP contribution in [0.15, 0.2) is 24.4 Å². The Kier molecular flexibility index (Phi) is 3.96. The van der Waals surface area contributed by atoms with Gasteiger partial charge in [0.15, 0.2) is 0 Å². The number of halogens is 1. The number of rotatable bonds is 3. The zero-order chi connectivity index (χ0) is 9.68. The summed E-state index contributed by atoms with van der Waals surface area (Å²) in [6.45, 7) is 2.05. The molecule has 0 amide bonds. The zero-order valence-corrected chi connectivity index (χ0v) is 9.21. The van der Waals surface area contributed by atoms with Crippen LogP contribution in [0, 0.1) is 0 Å². The van der Waals surface area contributed by atoms with Crippen molar-refractivity contribution in [2.24, 2.45) is 0 Å². The first-order chi connectivity index (χ1) is 6.25. The van der Waals surface area contributed by atoms with Gasteiger partial charge in [0.2, 0.25) is 0 Å². The molecule has 0 spiro atoms. The molecule has 2 N–H and O–H groups in total. The Morgan fingerprint density at radius 1 is 1.69 bits per heavy atom. The molecule has 70 valence electrons. The Hall–Kier alpha value is -0.830. The van der Waals surface area contributed by atoms with Gasteiger partial charge in [0.1, 0.15) is 5.82 Å². The first-order valence-corrected chi connectivity index (χ1v) is 5.31. The number of nitrogen functional groups attached to an aromatic ring is 1. The number of alkyl halides is 1. The fourth-order valence-corrected chi connectivity index (χ4v) is 1.36. The fraction of sp³-hybridized carbons (Fsp3) is 0.300. The number of hydrogen-bond acceptors (Lipinski definition) is 2. The van der Waals surface area contributed by atoms with Gasteiger partial charge in [-0.05, 0) is 31.1 Å². The Labute approximate surface area is 87.0 Å². The van der Waals surface area contributed by atoms with Gasteiger partial charge in [-0.2, -0.15) is 0 Å². The number of nitrogens with two attached hydrogens (primary N) is 1. The predicted molar refractivity (Wildman–Crippen MR) is 60.7 cm³/mol. The van der Waals surface area contributed by atoms with Gasteiger partial charge >= 0.3 is 0 Å². The van der Waals surface area contributed by atoms with Gasteiger partial charge in [-0.15, -0.1) is 0 Å². The van der Waals surface area contributed by atoms with E-state index in [1.807, 2.05) is 12.1 Å². The molecule has 1 aromatic rings. The van der Waals surface area contributed by atoms with Crippen molar-refractivity contribution in [2.75, 3.05) is 11.1 Å². The molecule has 2 nitrogen and oxygen atoms in total. The van der Waals surface area contributed by atoms with Crippen molar-refractivity contribution < 1.29 is 0 Å². The maximum atomic E-state index is 5.73. The third-order valence-corrected chi connectivity index (χ3v) is 2.28. The van der Waals surface area contributed by atoms with Crippen LogP contribution >= 0.6 is 15.9 Å². The van der Waals surface area contributed by atoms with Crippen molar-refractivity contribution in [2.45, 2.75) is 13.3 Å².